The first-order chi connectivity index (χ1) is 9.06. The van der Waals surface area contributed by atoms with Gasteiger partial charge in [-0.25, -0.2) is 9.37 Å². The van der Waals surface area contributed by atoms with E-state index in [1.165, 1.54) is 12.1 Å². The Kier molecular flexibility index (Phi) is 4.12. The molecule has 100 valence electrons. The van der Waals surface area contributed by atoms with Crippen molar-refractivity contribution in [2.24, 2.45) is 5.73 Å². The van der Waals surface area contributed by atoms with Gasteiger partial charge in [0.2, 0.25) is 5.88 Å². The highest BCUT2D eigenvalue weighted by molar-refractivity contribution is 5.37. The van der Waals surface area contributed by atoms with Gasteiger partial charge >= 0.3 is 0 Å². The maximum absolute atomic E-state index is 13.0. The van der Waals surface area contributed by atoms with Crippen LogP contribution in [0.25, 0.3) is 0 Å². The second-order valence-electron chi connectivity index (χ2n) is 4.66. The Morgan fingerprint density at radius 2 is 2.16 bits per heavy atom. The number of benzene rings is 1. The second-order valence-corrected chi connectivity index (χ2v) is 4.66. The van der Waals surface area contributed by atoms with E-state index in [-0.39, 0.29) is 11.9 Å². The summed E-state index contributed by atoms with van der Waals surface area (Å²) in [6.45, 7) is 3.73. The van der Waals surface area contributed by atoms with Crippen LogP contribution in [0.3, 0.4) is 0 Å². The van der Waals surface area contributed by atoms with E-state index in [4.69, 9.17) is 10.5 Å². The third-order valence-corrected chi connectivity index (χ3v) is 2.74. The zero-order valence-electron chi connectivity index (χ0n) is 11.1. The second kappa shape index (κ2) is 5.80. The Labute approximate surface area is 112 Å². The average molecular weight is 260 g/mol. The molecule has 0 aliphatic rings. The molecule has 0 radical (unpaired) electrons. The first-order valence-corrected chi connectivity index (χ1v) is 6.19. The van der Waals surface area contributed by atoms with E-state index in [1.807, 2.05) is 19.1 Å². The summed E-state index contributed by atoms with van der Waals surface area (Å²) in [5, 5.41) is 0. The largest absolute Gasteiger partial charge is 0.438 e. The normalized spacial score (nSPS) is 12.2. The third kappa shape index (κ3) is 3.51. The number of halogens is 1. The van der Waals surface area contributed by atoms with Gasteiger partial charge in [-0.3, -0.25) is 0 Å². The minimum Gasteiger partial charge on any atom is -0.438 e. The van der Waals surface area contributed by atoms with Gasteiger partial charge in [0.25, 0.3) is 0 Å². The van der Waals surface area contributed by atoms with Crippen molar-refractivity contribution in [3.8, 4) is 11.6 Å². The SMILES string of the molecule is Cc1cc(F)ccc1Oc1ncccc1CC(C)N. The van der Waals surface area contributed by atoms with E-state index in [9.17, 15) is 4.39 Å². The van der Waals surface area contributed by atoms with Gasteiger partial charge in [-0.2, -0.15) is 0 Å². The van der Waals surface area contributed by atoms with Gasteiger partial charge in [-0.1, -0.05) is 6.07 Å². The predicted octanol–water partition coefficient (Wildman–Crippen LogP) is 3.21. The number of hydrogen-bond donors (Lipinski definition) is 1. The summed E-state index contributed by atoms with van der Waals surface area (Å²) in [6, 6.07) is 8.22. The predicted molar refractivity (Wildman–Crippen MR) is 72.8 cm³/mol. The zero-order chi connectivity index (χ0) is 13.8. The monoisotopic (exact) mass is 260 g/mol. The molecule has 0 saturated heterocycles. The number of pyridine rings is 1. The maximum atomic E-state index is 13.0. The van der Waals surface area contributed by atoms with E-state index in [0.29, 0.717) is 18.1 Å². The molecule has 2 N–H and O–H groups in total. The summed E-state index contributed by atoms with van der Waals surface area (Å²) >= 11 is 0. The number of nitrogens with two attached hydrogens (primary N) is 1. The molecule has 1 aromatic heterocycles. The quantitative estimate of drug-likeness (QED) is 0.918. The van der Waals surface area contributed by atoms with Crippen LogP contribution in [0.1, 0.15) is 18.1 Å². The topological polar surface area (TPSA) is 48.1 Å². The van der Waals surface area contributed by atoms with Crippen molar-refractivity contribution in [3.05, 3.63) is 53.5 Å². The molecular weight excluding hydrogens is 243 g/mol. The maximum Gasteiger partial charge on any atom is 0.222 e. The van der Waals surface area contributed by atoms with Crippen molar-refractivity contribution in [2.75, 3.05) is 0 Å². The molecule has 2 rings (SSSR count). The molecule has 1 atom stereocenters. The number of aromatic nitrogens is 1. The Morgan fingerprint density at radius 3 is 2.84 bits per heavy atom. The summed E-state index contributed by atoms with van der Waals surface area (Å²) in [6.07, 6.45) is 2.35. The summed E-state index contributed by atoms with van der Waals surface area (Å²) in [5.41, 5.74) is 7.48. The van der Waals surface area contributed by atoms with E-state index in [1.54, 1.807) is 19.2 Å². The van der Waals surface area contributed by atoms with Gasteiger partial charge < -0.3 is 10.5 Å². The van der Waals surface area contributed by atoms with Crippen LogP contribution in [0, 0.1) is 12.7 Å². The lowest BCUT2D eigenvalue weighted by Crippen LogP contribution is -2.18. The lowest BCUT2D eigenvalue weighted by molar-refractivity contribution is 0.449. The fraction of sp³-hybridized carbons (Fsp3) is 0.267. The first-order valence-electron chi connectivity index (χ1n) is 6.19. The van der Waals surface area contributed by atoms with Crippen LogP contribution in [-0.4, -0.2) is 11.0 Å². The third-order valence-electron chi connectivity index (χ3n) is 2.74. The fourth-order valence-electron chi connectivity index (χ4n) is 1.85. The molecule has 3 nitrogen and oxygen atoms in total. The molecule has 0 amide bonds. The van der Waals surface area contributed by atoms with E-state index in [0.717, 1.165) is 11.1 Å². The summed E-state index contributed by atoms with van der Waals surface area (Å²) in [4.78, 5) is 4.22. The van der Waals surface area contributed by atoms with Crippen LogP contribution in [0.5, 0.6) is 11.6 Å². The number of rotatable bonds is 4. The van der Waals surface area contributed by atoms with Crippen LogP contribution in [0.4, 0.5) is 4.39 Å². The van der Waals surface area contributed by atoms with Crippen LogP contribution in [-0.2, 0) is 6.42 Å². The lowest BCUT2D eigenvalue weighted by Gasteiger charge is -2.12. The van der Waals surface area contributed by atoms with Gasteiger partial charge in [0, 0.05) is 17.8 Å². The Bertz CT molecular complexity index is 570. The van der Waals surface area contributed by atoms with Crippen molar-refractivity contribution in [1.82, 2.24) is 4.98 Å². The number of nitrogens with zero attached hydrogens (tertiary/aromatic N) is 1. The number of hydrogen-bond acceptors (Lipinski definition) is 3. The molecule has 2 aromatic rings. The molecular formula is C15H17FN2O. The number of aryl methyl sites for hydroxylation is 1. The molecule has 1 aromatic carbocycles. The van der Waals surface area contributed by atoms with Crippen LogP contribution >= 0.6 is 0 Å². The molecule has 0 aliphatic carbocycles. The summed E-state index contributed by atoms with van der Waals surface area (Å²) < 4.78 is 18.8. The molecule has 19 heavy (non-hydrogen) atoms. The van der Waals surface area contributed by atoms with Crippen molar-refractivity contribution < 1.29 is 9.13 Å². The molecule has 0 spiro atoms. The molecule has 4 heteroatoms. The Hall–Kier alpha value is -1.94. The molecule has 0 aliphatic heterocycles. The standard InChI is InChI=1S/C15H17FN2O/c1-10-8-13(16)5-6-14(10)19-15-12(9-11(2)17)4-3-7-18-15/h3-8,11H,9,17H2,1-2H3. The van der Waals surface area contributed by atoms with E-state index < -0.39 is 0 Å². The van der Waals surface area contributed by atoms with Gasteiger partial charge in [-0.15, -0.1) is 0 Å². The molecule has 1 heterocycles. The van der Waals surface area contributed by atoms with Crippen LogP contribution < -0.4 is 10.5 Å². The first kappa shape index (κ1) is 13.5. The van der Waals surface area contributed by atoms with Gasteiger partial charge in [0.1, 0.15) is 11.6 Å². The highest BCUT2D eigenvalue weighted by Gasteiger charge is 2.09. The van der Waals surface area contributed by atoms with E-state index >= 15 is 0 Å². The highest BCUT2D eigenvalue weighted by atomic mass is 19.1. The molecule has 1 unspecified atom stereocenters. The van der Waals surface area contributed by atoms with Crippen molar-refractivity contribution in [3.63, 3.8) is 0 Å². The van der Waals surface area contributed by atoms with Crippen molar-refractivity contribution >= 4 is 0 Å². The summed E-state index contributed by atoms with van der Waals surface area (Å²) in [5.74, 6) is 0.849. The zero-order valence-corrected chi connectivity index (χ0v) is 11.1. The lowest BCUT2D eigenvalue weighted by atomic mass is 10.1. The average Bonchev–Trinajstić information content (AvgIpc) is 2.34. The summed E-state index contributed by atoms with van der Waals surface area (Å²) in [7, 11) is 0. The van der Waals surface area contributed by atoms with Crippen molar-refractivity contribution in [1.29, 1.82) is 0 Å². The van der Waals surface area contributed by atoms with Crippen LogP contribution in [0.15, 0.2) is 36.5 Å². The Balaban J connectivity index is 2.27. The van der Waals surface area contributed by atoms with Crippen LogP contribution in [0.2, 0.25) is 0 Å². The van der Waals surface area contributed by atoms with Gasteiger partial charge in [0.05, 0.1) is 0 Å². The minimum absolute atomic E-state index is 0.0286. The van der Waals surface area contributed by atoms with E-state index in [2.05, 4.69) is 4.98 Å². The Morgan fingerprint density at radius 1 is 1.37 bits per heavy atom. The van der Waals surface area contributed by atoms with Gasteiger partial charge in [0.15, 0.2) is 0 Å². The minimum atomic E-state index is -0.276. The van der Waals surface area contributed by atoms with Crippen molar-refractivity contribution in [2.45, 2.75) is 26.3 Å². The molecule has 0 saturated carbocycles. The fourth-order valence-corrected chi connectivity index (χ4v) is 1.85. The van der Waals surface area contributed by atoms with Gasteiger partial charge in [-0.05, 0) is 50.1 Å². The smallest absolute Gasteiger partial charge is 0.222 e. The molecule has 0 bridgehead atoms. The molecule has 0 fully saturated rings. The highest BCUT2D eigenvalue weighted by Crippen LogP contribution is 2.26. The number of ether oxygens (including phenoxy) is 1.